The van der Waals surface area contributed by atoms with E-state index in [0.717, 1.165) is 0 Å². The van der Waals surface area contributed by atoms with Crippen molar-refractivity contribution in [3.05, 3.63) is 0 Å². The topological polar surface area (TPSA) is 22.2 Å². The Morgan fingerprint density at radius 1 is 0.533 bits per heavy atom. The van der Waals surface area contributed by atoms with Crippen molar-refractivity contribution in [2.45, 2.75) is 12.7 Å². The molecule has 0 unspecified atom stereocenters. The third-order valence-electron chi connectivity index (χ3n) is 2.01. The summed E-state index contributed by atoms with van der Waals surface area (Å²) in [5.74, 6) is 0. The lowest BCUT2D eigenvalue weighted by molar-refractivity contribution is -0.226. The van der Waals surface area contributed by atoms with Crippen LogP contribution in [-0.2, 0) is 4.74 Å². The molecule has 0 aliphatic heterocycles. The third kappa shape index (κ3) is 4.90. The lowest BCUT2D eigenvalue weighted by atomic mass is 10.6. The van der Waals surface area contributed by atoms with Crippen molar-refractivity contribution in [2.75, 3.05) is 56.4 Å². The molecule has 0 amide bonds. The summed E-state index contributed by atoms with van der Waals surface area (Å²) in [5, 5.41) is 0. The predicted molar refractivity (Wildman–Crippen MR) is 63.4 cm³/mol. The number of nitrogens with zero attached hydrogens (tertiary/aromatic N) is 4. The molecule has 0 rings (SSSR count). The molecule has 5 nitrogen and oxygen atoms in total. The smallest absolute Gasteiger partial charge is 0.171 e. The fourth-order valence-electron chi connectivity index (χ4n) is 1.52. The van der Waals surface area contributed by atoms with Gasteiger partial charge in [-0.05, 0) is 56.4 Å². The molecule has 0 radical (unpaired) electrons. The molecule has 5 heteroatoms. The zero-order valence-electron chi connectivity index (χ0n) is 11.4. The van der Waals surface area contributed by atoms with Crippen molar-refractivity contribution in [3.8, 4) is 0 Å². The van der Waals surface area contributed by atoms with Crippen molar-refractivity contribution in [2.24, 2.45) is 0 Å². The van der Waals surface area contributed by atoms with E-state index in [1.165, 1.54) is 0 Å². The minimum Gasteiger partial charge on any atom is -0.318 e. The van der Waals surface area contributed by atoms with E-state index in [-0.39, 0.29) is 12.7 Å². The third-order valence-corrected chi connectivity index (χ3v) is 2.01. The summed E-state index contributed by atoms with van der Waals surface area (Å²) in [6.07, 6.45) is -0.0559. The van der Waals surface area contributed by atoms with Crippen molar-refractivity contribution in [3.63, 3.8) is 0 Å². The van der Waals surface area contributed by atoms with Gasteiger partial charge in [-0.15, -0.1) is 0 Å². The Hall–Kier alpha value is -0.200. The summed E-state index contributed by atoms with van der Waals surface area (Å²) in [5.41, 5.74) is 0. The molecule has 0 aliphatic carbocycles. The summed E-state index contributed by atoms with van der Waals surface area (Å²) >= 11 is 0. The van der Waals surface area contributed by atoms with Crippen LogP contribution < -0.4 is 0 Å². The molecule has 0 aromatic carbocycles. The van der Waals surface area contributed by atoms with Gasteiger partial charge in [0, 0.05) is 0 Å². The van der Waals surface area contributed by atoms with E-state index in [1.807, 2.05) is 76.0 Å². The molecule has 15 heavy (non-hydrogen) atoms. The van der Waals surface area contributed by atoms with E-state index >= 15 is 0 Å². The zero-order chi connectivity index (χ0) is 12.2. The Kier molecular flexibility index (Phi) is 6.31. The molecule has 0 fully saturated rings. The van der Waals surface area contributed by atoms with Crippen molar-refractivity contribution in [1.29, 1.82) is 0 Å². The van der Waals surface area contributed by atoms with Gasteiger partial charge in [-0.2, -0.15) is 0 Å². The summed E-state index contributed by atoms with van der Waals surface area (Å²) in [6, 6.07) is 0. The van der Waals surface area contributed by atoms with Gasteiger partial charge in [-0.3, -0.25) is 19.6 Å². The van der Waals surface area contributed by atoms with Crippen LogP contribution in [0.2, 0.25) is 0 Å². The van der Waals surface area contributed by atoms with Crippen LogP contribution in [0.4, 0.5) is 0 Å². The lowest BCUT2D eigenvalue weighted by Gasteiger charge is -2.38. The summed E-state index contributed by atoms with van der Waals surface area (Å²) in [7, 11) is 16.1. The van der Waals surface area contributed by atoms with Gasteiger partial charge in [0.15, 0.2) is 12.7 Å². The van der Waals surface area contributed by atoms with Crippen LogP contribution >= 0.6 is 0 Å². The van der Waals surface area contributed by atoms with Crippen LogP contribution in [0.5, 0.6) is 0 Å². The Morgan fingerprint density at radius 2 is 0.733 bits per heavy atom. The van der Waals surface area contributed by atoms with Gasteiger partial charge >= 0.3 is 0 Å². The first kappa shape index (κ1) is 14.8. The Balaban J connectivity index is 4.48. The first-order valence-electron chi connectivity index (χ1n) is 5.08. The van der Waals surface area contributed by atoms with Gasteiger partial charge in [0.05, 0.1) is 0 Å². The molecule has 0 spiro atoms. The standard InChI is InChI=1S/C10H26N4O/c1-11(2)9(12(3)4)15-10(13(5)6)14(7)8/h9-10H,1-8H3. The van der Waals surface area contributed by atoms with Gasteiger partial charge in [0.1, 0.15) is 0 Å². The molecule has 0 atom stereocenters. The lowest BCUT2D eigenvalue weighted by Crippen LogP contribution is -2.52. The molecular formula is C10H26N4O. The van der Waals surface area contributed by atoms with Crippen LogP contribution in [-0.4, -0.2) is 88.7 Å². The highest BCUT2D eigenvalue weighted by Gasteiger charge is 2.23. The van der Waals surface area contributed by atoms with Crippen molar-refractivity contribution < 1.29 is 4.74 Å². The summed E-state index contributed by atoms with van der Waals surface area (Å²) in [6.45, 7) is 0. The highest BCUT2D eigenvalue weighted by Crippen LogP contribution is 2.07. The van der Waals surface area contributed by atoms with Crippen LogP contribution in [0.15, 0.2) is 0 Å². The van der Waals surface area contributed by atoms with Crippen molar-refractivity contribution >= 4 is 0 Å². The monoisotopic (exact) mass is 218 g/mol. The van der Waals surface area contributed by atoms with E-state index in [4.69, 9.17) is 4.74 Å². The number of hydrogen-bond donors (Lipinski definition) is 0. The molecule has 92 valence electrons. The van der Waals surface area contributed by atoms with E-state index < -0.39 is 0 Å². The Labute approximate surface area is 94.2 Å². The number of ether oxygens (including phenoxy) is 1. The number of rotatable bonds is 6. The Morgan fingerprint density at radius 3 is 0.867 bits per heavy atom. The predicted octanol–water partition coefficient (Wildman–Crippen LogP) is -0.183. The van der Waals surface area contributed by atoms with Gasteiger partial charge in [-0.25, -0.2) is 0 Å². The minimum atomic E-state index is -0.0280. The molecular weight excluding hydrogens is 192 g/mol. The van der Waals surface area contributed by atoms with Crippen LogP contribution in [0.25, 0.3) is 0 Å². The molecule has 0 saturated carbocycles. The quantitative estimate of drug-likeness (QED) is 0.575. The zero-order valence-corrected chi connectivity index (χ0v) is 11.4. The fraction of sp³-hybridized carbons (Fsp3) is 1.00. The first-order valence-corrected chi connectivity index (χ1v) is 5.08. The number of hydrogen-bond acceptors (Lipinski definition) is 5. The van der Waals surface area contributed by atoms with Gasteiger partial charge in [-0.1, -0.05) is 0 Å². The highest BCUT2D eigenvalue weighted by atomic mass is 16.6. The second kappa shape index (κ2) is 6.40. The first-order chi connectivity index (χ1) is 6.77. The Bertz CT molecular complexity index is 137. The molecule has 0 aromatic rings. The van der Waals surface area contributed by atoms with Crippen molar-refractivity contribution in [1.82, 2.24) is 19.6 Å². The molecule has 0 N–H and O–H groups in total. The molecule has 0 aromatic heterocycles. The van der Waals surface area contributed by atoms with E-state index in [2.05, 4.69) is 0 Å². The van der Waals surface area contributed by atoms with Crippen LogP contribution in [0.3, 0.4) is 0 Å². The average molecular weight is 218 g/mol. The van der Waals surface area contributed by atoms with Crippen LogP contribution in [0, 0.1) is 0 Å². The molecule has 0 bridgehead atoms. The fourth-order valence-corrected chi connectivity index (χ4v) is 1.52. The van der Waals surface area contributed by atoms with Crippen LogP contribution in [0.1, 0.15) is 0 Å². The van der Waals surface area contributed by atoms with E-state index in [1.54, 1.807) is 0 Å². The minimum absolute atomic E-state index is 0.0280. The maximum Gasteiger partial charge on any atom is 0.171 e. The highest BCUT2D eigenvalue weighted by molar-refractivity contribution is 4.56. The summed E-state index contributed by atoms with van der Waals surface area (Å²) in [4.78, 5) is 8.17. The summed E-state index contributed by atoms with van der Waals surface area (Å²) < 4.78 is 6.00. The van der Waals surface area contributed by atoms with Gasteiger partial charge < -0.3 is 4.74 Å². The largest absolute Gasteiger partial charge is 0.318 e. The molecule has 0 heterocycles. The second-order valence-corrected chi connectivity index (χ2v) is 4.64. The average Bonchev–Trinajstić information content (AvgIpc) is 2.01. The maximum absolute atomic E-state index is 6.00. The van der Waals surface area contributed by atoms with E-state index in [9.17, 15) is 0 Å². The second-order valence-electron chi connectivity index (χ2n) is 4.64. The normalized spacial score (nSPS) is 13.2. The van der Waals surface area contributed by atoms with E-state index in [0.29, 0.717) is 0 Å². The molecule has 0 saturated heterocycles. The van der Waals surface area contributed by atoms with Gasteiger partial charge in [0.25, 0.3) is 0 Å². The maximum atomic E-state index is 6.00. The SMILES string of the molecule is CN(C)C(OC(N(C)C)N(C)C)N(C)C. The van der Waals surface area contributed by atoms with Gasteiger partial charge in [0.2, 0.25) is 0 Å². The molecule has 0 aliphatic rings.